The van der Waals surface area contributed by atoms with E-state index in [4.69, 9.17) is 9.15 Å². The van der Waals surface area contributed by atoms with Gasteiger partial charge in [0, 0.05) is 18.7 Å². The number of hydrogen-bond donors (Lipinski definition) is 0. The first-order valence-corrected chi connectivity index (χ1v) is 12.4. The Labute approximate surface area is 213 Å². The Bertz CT molecular complexity index is 1640. The van der Waals surface area contributed by atoms with Gasteiger partial charge in [0.15, 0.2) is 11.0 Å². The van der Waals surface area contributed by atoms with Crippen LogP contribution in [0.1, 0.15) is 39.7 Å². The van der Waals surface area contributed by atoms with Crippen LogP contribution in [0.25, 0.3) is 11.0 Å². The maximum atomic E-state index is 14.3. The molecule has 0 saturated carbocycles. The number of benzene rings is 3. The van der Waals surface area contributed by atoms with Crippen LogP contribution in [0.4, 0.5) is 5.69 Å². The Kier molecular flexibility index (Phi) is 5.19. The van der Waals surface area contributed by atoms with Crippen molar-refractivity contribution in [3.8, 4) is 5.75 Å². The maximum Gasteiger partial charge on any atom is 0.291 e. The summed E-state index contributed by atoms with van der Waals surface area (Å²) in [7, 11) is 1.61. The van der Waals surface area contributed by atoms with Crippen molar-refractivity contribution in [2.75, 3.05) is 25.1 Å². The summed E-state index contributed by atoms with van der Waals surface area (Å²) in [6.45, 7) is 4.41. The molecule has 37 heavy (non-hydrogen) atoms. The van der Waals surface area contributed by atoms with Crippen molar-refractivity contribution in [3.63, 3.8) is 0 Å². The Morgan fingerprint density at radius 2 is 1.73 bits per heavy atom. The van der Waals surface area contributed by atoms with E-state index in [1.165, 1.54) is 4.90 Å². The van der Waals surface area contributed by atoms with Gasteiger partial charge in [0.05, 0.1) is 23.7 Å². The van der Waals surface area contributed by atoms with Crippen LogP contribution in [0.3, 0.4) is 0 Å². The highest BCUT2D eigenvalue weighted by atomic mass is 16.5. The van der Waals surface area contributed by atoms with Crippen LogP contribution in [0.5, 0.6) is 5.75 Å². The minimum absolute atomic E-state index is 0.0582. The average molecular weight is 495 g/mol. The minimum atomic E-state index is -1.58. The van der Waals surface area contributed by atoms with E-state index in [0.717, 1.165) is 16.9 Å². The summed E-state index contributed by atoms with van der Waals surface area (Å²) in [6, 6.07) is 20.3. The van der Waals surface area contributed by atoms with Crippen molar-refractivity contribution in [1.82, 2.24) is 4.90 Å². The molecule has 0 N–H and O–H groups in total. The number of carbonyl (C=O) groups is 2. The lowest BCUT2D eigenvalue weighted by molar-refractivity contribution is -0.126. The predicted octanol–water partition coefficient (Wildman–Crippen LogP) is 4.42. The van der Waals surface area contributed by atoms with Crippen LogP contribution in [-0.4, -0.2) is 36.9 Å². The Morgan fingerprint density at radius 3 is 2.46 bits per heavy atom. The molecule has 1 atom stereocenters. The highest BCUT2D eigenvalue weighted by Crippen LogP contribution is 2.52. The van der Waals surface area contributed by atoms with Crippen LogP contribution in [0.2, 0.25) is 0 Å². The Morgan fingerprint density at radius 1 is 0.973 bits per heavy atom. The summed E-state index contributed by atoms with van der Waals surface area (Å²) < 4.78 is 11.4. The zero-order valence-electron chi connectivity index (χ0n) is 20.9. The molecule has 2 aliphatic heterocycles. The lowest BCUT2D eigenvalue weighted by atomic mass is 9.83. The van der Waals surface area contributed by atoms with E-state index in [9.17, 15) is 14.4 Å². The highest BCUT2D eigenvalue weighted by Gasteiger charge is 2.64. The van der Waals surface area contributed by atoms with Gasteiger partial charge >= 0.3 is 0 Å². The summed E-state index contributed by atoms with van der Waals surface area (Å²) >= 11 is 0. The van der Waals surface area contributed by atoms with Gasteiger partial charge in [0.25, 0.3) is 11.8 Å². The number of para-hydroxylation sites is 1. The van der Waals surface area contributed by atoms with Crippen molar-refractivity contribution in [1.29, 1.82) is 0 Å². The molecule has 2 aliphatic rings. The van der Waals surface area contributed by atoms with Crippen molar-refractivity contribution >= 4 is 28.5 Å². The first kappa shape index (κ1) is 23.0. The SMILES string of the molecule is CCN1C(=O)C2(c3ccccc31)c1c(oc3ccc(C)cc3c1=O)C(=O)N2CCc1ccc(OC)cc1. The van der Waals surface area contributed by atoms with Crippen LogP contribution in [0.15, 0.2) is 75.9 Å². The minimum Gasteiger partial charge on any atom is -0.497 e. The zero-order chi connectivity index (χ0) is 25.9. The molecule has 2 amide bonds. The average Bonchev–Trinajstić information content (AvgIpc) is 3.31. The van der Waals surface area contributed by atoms with Gasteiger partial charge in [0.2, 0.25) is 5.76 Å². The molecule has 1 unspecified atom stereocenters. The Hall–Kier alpha value is -4.39. The molecule has 186 valence electrons. The van der Waals surface area contributed by atoms with E-state index in [1.807, 2.05) is 68.4 Å². The number of rotatable bonds is 5. The topological polar surface area (TPSA) is 80.1 Å². The fourth-order valence-corrected chi connectivity index (χ4v) is 5.75. The molecule has 7 nitrogen and oxygen atoms in total. The first-order chi connectivity index (χ1) is 17.9. The molecule has 3 aromatic carbocycles. The zero-order valence-corrected chi connectivity index (χ0v) is 20.9. The van der Waals surface area contributed by atoms with Gasteiger partial charge in [-0.3, -0.25) is 14.4 Å². The summed E-state index contributed by atoms with van der Waals surface area (Å²) in [5.41, 5.74) is 1.72. The summed E-state index contributed by atoms with van der Waals surface area (Å²) in [5, 5.41) is 0.364. The second-order valence-electron chi connectivity index (χ2n) is 9.47. The number of amides is 2. The van der Waals surface area contributed by atoms with E-state index in [2.05, 4.69) is 0 Å². The normalized spacial score (nSPS) is 18.1. The van der Waals surface area contributed by atoms with Gasteiger partial charge in [-0.05, 0) is 56.2 Å². The first-order valence-electron chi connectivity index (χ1n) is 12.4. The van der Waals surface area contributed by atoms with Gasteiger partial charge in [0.1, 0.15) is 11.3 Å². The second-order valence-corrected chi connectivity index (χ2v) is 9.47. The predicted molar refractivity (Wildman–Crippen MR) is 140 cm³/mol. The molecule has 0 radical (unpaired) electrons. The third-order valence-corrected chi connectivity index (χ3v) is 7.49. The standard InChI is InChI=1S/C30H26N2O5/c1-4-31-23-8-6-5-7-22(23)30(29(31)35)25-26(33)21-17-18(2)9-14-24(21)37-27(25)28(34)32(30)16-15-19-10-12-20(36-3)13-11-19/h5-14,17H,4,15-16H2,1-3H3. The van der Waals surface area contributed by atoms with E-state index in [-0.39, 0.29) is 29.2 Å². The molecule has 1 spiro atoms. The third kappa shape index (κ3) is 3.10. The number of fused-ring (bicyclic) bond motifs is 5. The number of carbonyl (C=O) groups excluding carboxylic acids is 2. The lowest BCUT2D eigenvalue weighted by Crippen LogP contribution is -2.54. The van der Waals surface area contributed by atoms with E-state index in [0.29, 0.717) is 35.2 Å². The van der Waals surface area contributed by atoms with Crippen LogP contribution < -0.4 is 15.1 Å². The number of anilines is 1. The van der Waals surface area contributed by atoms with Gasteiger partial charge in [-0.1, -0.05) is 42.0 Å². The molecule has 0 saturated heterocycles. The van der Waals surface area contributed by atoms with E-state index >= 15 is 0 Å². The summed E-state index contributed by atoms with van der Waals surface area (Å²) in [4.78, 5) is 45.6. The van der Waals surface area contributed by atoms with E-state index in [1.54, 1.807) is 24.1 Å². The van der Waals surface area contributed by atoms with Gasteiger partial charge in [-0.2, -0.15) is 0 Å². The fraction of sp³-hybridized carbons (Fsp3) is 0.233. The number of nitrogens with zero attached hydrogens (tertiary/aromatic N) is 2. The van der Waals surface area contributed by atoms with Gasteiger partial charge in [-0.25, -0.2) is 0 Å². The van der Waals surface area contributed by atoms with Gasteiger partial charge in [-0.15, -0.1) is 0 Å². The van der Waals surface area contributed by atoms with Crippen molar-refractivity contribution < 1.29 is 18.7 Å². The molecule has 0 bridgehead atoms. The quantitative estimate of drug-likeness (QED) is 0.410. The molecule has 1 aromatic heterocycles. The molecule has 0 aliphatic carbocycles. The number of likely N-dealkylation sites (N-methyl/N-ethyl adjacent to an activating group) is 1. The maximum absolute atomic E-state index is 14.3. The fourth-order valence-electron chi connectivity index (χ4n) is 5.75. The number of ether oxygens (including phenoxy) is 1. The van der Waals surface area contributed by atoms with Crippen LogP contribution >= 0.6 is 0 Å². The van der Waals surface area contributed by atoms with Crippen molar-refractivity contribution in [3.05, 3.63) is 105 Å². The van der Waals surface area contributed by atoms with E-state index < -0.39 is 11.4 Å². The molecular weight excluding hydrogens is 468 g/mol. The number of hydrogen-bond acceptors (Lipinski definition) is 5. The van der Waals surface area contributed by atoms with Crippen molar-refractivity contribution in [2.24, 2.45) is 0 Å². The molecule has 0 fully saturated rings. The largest absolute Gasteiger partial charge is 0.497 e. The molecule has 7 heteroatoms. The van der Waals surface area contributed by atoms with Crippen LogP contribution in [-0.2, 0) is 16.8 Å². The summed E-state index contributed by atoms with van der Waals surface area (Å²) in [6.07, 6.45) is 0.486. The molecular formula is C30H26N2O5. The van der Waals surface area contributed by atoms with Gasteiger partial charge < -0.3 is 19.0 Å². The molecule has 3 heterocycles. The monoisotopic (exact) mass is 494 g/mol. The third-order valence-electron chi connectivity index (χ3n) is 7.49. The highest BCUT2D eigenvalue weighted by molar-refractivity contribution is 6.17. The number of aryl methyl sites for hydroxylation is 1. The van der Waals surface area contributed by atoms with Crippen molar-refractivity contribution in [2.45, 2.75) is 25.8 Å². The Balaban J connectivity index is 1.59. The molecule has 6 rings (SSSR count). The summed E-state index contributed by atoms with van der Waals surface area (Å²) in [5.74, 6) is -0.0844. The molecule has 4 aromatic rings. The smallest absolute Gasteiger partial charge is 0.291 e. The lowest BCUT2D eigenvalue weighted by Gasteiger charge is -2.34. The number of methoxy groups -OCH3 is 1. The van der Waals surface area contributed by atoms with Crippen LogP contribution in [0, 0.1) is 6.92 Å². The second kappa shape index (κ2) is 8.34.